The Bertz CT molecular complexity index is 1310. The average molecular weight is 563 g/mol. The van der Waals surface area contributed by atoms with Gasteiger partial charge in [0.15, 0.2) is 0 Å². The van der Waals surface area contributed by atoms with Gasteiger partial charge in [-0.1, -0.05) is 39.0 Å². The molecule has 0 saturated carbocycles. The number of aromatic nitrogens is 2. The lowest BCUT2D eigenvalue weighted by atomic mass is 10.0. The van der Waals surface area contributed by atoms with Crippen molar-refractivity contribution >= 4 is 21.8 Å². The largest absolute Gasteiger partial charge is 0.417 e. The number of aromatic amines is 1. The number of fused-ring (bicyclic) bond motifs is 3. The molecule has 0 spiro atoms. The van der Waals surface area contributed by atoms with E-state index in [-0.39, 0.29) is 17.5 Å². The molecule has 6 nitrogen and oxygen atoms in total. The van der Waals surface area contributed by atoms with Crippen molar-refractivity contribution in [2.24, 2.45) is 0 Å². The minimum Gasteiger partial charge on any atom is -0.396 e. The third kappa shape index (κ3) is 7.28. The fraction of sp³-hybridized carbons (Fsp3) is 0.645. The van der Waals surface area contributed by atoms with Crippen molar-refractivity contribution in [1.82, 2.24) is 19.4 Å². The first-order chi connectivity index (χ1) is 19.2. The molecule has 2 N–H and O–H groups in total. The number of piperazine rings is 1. The van der Waals surface area contributed by atoms with Gasteiger partial charge in [-0.25, -0.2) is 0 Å². The summed E-state index contributed by atoms with van der Waals surface area (Å²) in [6.45, 7) is 11.7. The molecule has 1 aliphatic heterocycles. The fourth-order valence-electron chi connectivity index (χ4n) is 6.40. The van der Waals surface area contributed by atoms with E-state index >= 15 is 0 Å². The highest BCUT2D eigenvalue weighted by atomic mass is 19.4. The molecule has 3 heterocycles. The molecule has 1 saturated heterocycles. The topological polar surface area (TPSA) is 64.5 Å². The van der Waals surface area contributed by atoms with Crippen molar-refractivity contribution in [2.45, 2.75) is 84.4 Å². The molecule has 40 heavy (non-hydrogen) atoms. The van der Waals surface area contributed by atoms with Crippen LogP contribution in [-0.4, -0.2) is 70.3 Å². The molecular formula is C31H45F3N4O2. The lowest BCUT2D eigenvalue weighted by molar-refractivity contribution is -0.136. The van der Waals surface area contributed by atoms with Crippen molar-refractivity contribution in [1.29, 1.82) is 0 Å². The van der Waals surface area contributed by atoms with Crippen molar-refractivity contribution < 1.29 is 18.3 Å². The van der Waals surface area contributed by atoms with E-state index in [0.717, 1.165) is 81.7 Å². The number of rotatable bonds is 14. The Hall–Kier alpha value is -2.36. The standard InChI is InChI=1S/C31H45F3N4O2/c1-3-26-23(2)29-27(13-12-25-30(29)24(31(32,33)34)22-28(40)35-25)38(26)16-10-8-6-4-5-7-9-14-36-17-19-37(20-18-36)15-11-21-39/h12-13,22,39H,3-11,14-21H2,1-2H3,(H,35,40). The second kappa shape index (κ2) is 14.0. The van der Waals surface area contributed by atoms with Crippen molar-refractivity contribution in [3.63, 3.8) is 0 Å². The van der Waals surface area contributed by atoms with Crippen LogP contribution in [0.1, 0.15) is 75.1 Å². The Balaban J connectivity index is 1.27. The highest BCUT2D eigenvalue weighted by molar-refractivity contribution is 6.09. The van der Waals surface area contributed by atoms with E-state index < -0.39 is 17.3 Å². The van der Waals surface area contributed by atoms with E-state index in [2.05, 4.69) is 19.4 Å². The maximum atomic E-state index is 13.9. The van der Waals surface area contributed by atoms with Gasteiger partial charge in [0, 0.05) is 79.4 Å². The highest BCUT2D eigenvalue weighted by Gasteiger charge is 2.34. The van der Waals surface area contributed by atoms with Gasteiger partial charge in [0.1, 0.15) is 0 Å². The average Bonchev–Trinajstić information content (AvgIpc) is 3.21. The number of alkyl halides is 3. The molecule has 0 radical (unpaired) electrons. The lowest BCUT2D eigenvalue weighted by Crippen LogP contribution is -2.46. The monoisotopic (exact) mass is 562 g/mol. The summed E-state index contributed by atoms with van der Waals surface area (Å²) in [6, 6.07) is 4.15. The molecule has 9 heteroatoms. The van der Waals surface area contributed by atoms with Crippen LogP contribution in [0.3, 0.4) is 0 Å². The van der Waals surface area contributed by atoms with E-state index in [4.69, 9.17) is 5.11 Å². The molecule has 0 aliphatic carbocycles. The number of aliphatic hydroxyl groups excluding tert-OH is 1. The van der Waals surface area contributed by atoms with E-state index in [1.165, 1.54) is 38.6 Å². The Morgan fingerprint density at radius 3 is 2.00 bits per heavy atom. The maximum Gasteiger partial charge on any atom is 0.417 e. The maximum absolute atomic E-state index is 13.9. The summed E-state index contributed by atoms with van der Waals surface area (Å²) in [4.78, 5) is 19.5. The Morgan fingerprint density at radius 1 is 0.850 bits per heavy atom. The zero-order valence-electron chi connectivity index (χ0n) is 24.1. The smallest absolute Gasteiger partial charge is 0.396 e. The highest BCUT2D eigenvalue weighted by Crippen LogP contribution is 2.39. The van der Waals surface area contributed by atoms with Gasteiger partial charge in [0.2, 0.25) is 5.56 Å². The van der Waals surface area contributed by atoms with Crippen LogP contribution in [-0.2, 0) is 19.1 Å². The first kappa shape index (κ1) is 30.6. The van der Waals surface area contributed by atoms with Crippen LogP contribution >= 0.6 is 0 Å². The van der Waals surface area contributed by atoms with Crippen LogP contribution in [0.2, 0.25) is 0 Å². The number of nitrogens with zero attached hydrogens (tertiary/aromatic N) is 3. The van der Waals surface area contributed by atoms with Crippen LogP contribution in [0, 0.1) is 6.92 Å². The predicted octanol–water partition coefficient (Wildman–Crippen LogP) is 6.10. The number of hydrogen-bond donors (Lipinski definition) is 2. The predicted molar refractivity (Wildman–Crippen MR) is 156 cm³/mol. The molecule has 0 unspecified atom stereocenters. The van der Waals surface area contributed by atoms with E-state index in [1.807, 2.05) is 19.9 Å². The van der Waals surface area contributed by atoms with Crippen LogP contribution in [0.25, 0.3) is 21.8 Å². The molecule has 1 aromatic carbocycles. The third-order valence-corrected chi connectivity index (χ3v) is 8.50. The van der Waals surface area contributed by atoms with Gasteiger partial charge >= 0.3 is 6.18 Å². The first-order valence-corrected chi connectivity index (χ1v) is 15.0. The van der Waals surface area contributed by atoms with Gasteiger partial charge in [0.05, 0.1) is 5.56 Å². The van der Waals surface area contributed by atoms with Crippen molar-refractivity contribution in [3.05, 3.63) is 45.4 Å². The molecule has 3 aromatic rings. The summed E-state index contributed by atoms with van der Waals surface area (Å²) in [5.74, 6) is 0. The lowest BCUT2D eigenvalue weighted by Gasteiger charge is -2.34. The number of aryl methyl sites for hydroxylation is 2. The molecule has 2 aromatic heterocycles. The van der Waals surface area contributed by atoms with Gasteiger partial charge in [-0.3, -0.25) is 4.79 Å². The molecule has 0 bridgehead atoms. The first-order valence-electron chi connectivity index (χ1n) is 15.0. The Morgan fingerprint density at radius 2 is 1.43 bits per heavy atom. The van der Waals surface area contributed by atoms with Gasteiger partial charge < -0.3 is 24.5 Å². The summed E-state index contributed by atoms with van der Waals surface area (Å²) in [7, 11) is 0. The van der Waals surface area contributed by atoms with Crippen LogP contribution in [0.4, 0.5) is 13.2 Å². The number of H-pyrrole nitrogens is 1. The van der Waals surface area contributed by atoms with E-state index in [1.54, 1.807) is 6.07 Å². The molecule has 0 atom stereocenters. The third-order valence-electron chi connectivity index (χ3n) is 8.50. The molecule has 0 amide bonds. The number of aliphatic hydroxyl groups is 1. The normalized spacial score (nSPS) is 15.6. The minimum atomic E-state index is -4.60. The van der Waals surface area contributed by atoms with Crippen molar-refractivity contribution in [2.75, 3.05) is 45.9 Å². The molecule has 4 rings (SSSR count). The van der Waals surface area contributed by atoms with Crippen LogP contribution in [0.15, 0.2) is 23.0 Å². The Labute approximate surface area is 235 Å². The zero-order chi connectivity index (χ0) is 28.7. The molecule has 222 valence electrons. The SMILES string of the molecule is CCc1c(C)c2c3c(C(F)(F)F)cc(=O)[nH]c3ccc2n1CCCCCCCCCN1CCN(CCCO)CC1. The quantitative estimate of drug-likeness (QED) is 0.233. The zero-order valence-corrected chi connectivity index (χ0v) is 24.1. The molecular weight excluding hydrogens is 517 g/mol. The summed E-state index contributed by atoms with van der Waals surface area (Å²) in [5.41, 5.74) is 1.38. The van der Waals surface area contributed by atoms with E-state index in [0.29, 0.717) is 11.5 Å². The second-order valence-corrected chi connectivity index (χ2v) is 11.2. The number of pyridine rings is 1. The van der Waals surface area contributed by atoms with Gasteiger partial charge in [0.25, 0.3) is 0 Å². The number of halogens is 3. The molecule has 1 fully saturated rings. The van der Waals surface area contributed by atoms with Gasteiger partial charge in [-0.2, -0.15) is 13.2 Å². The summed E-state index contributed by atoms with van der Waals surface area (Å²) in [5, 5.41) is 9.68. The number of unbranched alkanes of at least 4 members (excludes halogenated alkanes) is 6. The van der Waals surface area contributed by atoms with Crippen LogP contribution < -0.4 is 5.56 Å². The molecule has 1 aliphatic rings. The number of benzene rings is 1. The summed E-state index contributed by atoms with van der Waals surface area (Å²) >= 11 is 0. The second-order valence-electron chi connectivity index (χ2n) is 11.2. The van der Waals surface area contributed by atoms with Gasteiger partial charge in [-0.05, 0) is 56.8 Å². The van der Waals surface area contributed by atoms with Crippen molar-refractivity contribution in [3.8, 4) is 0 Å². The fourth-order valence-corrected chi connectivity index (χ4v) is 6.40. The van der Waals surface area contributed by atoms with Crippen LogP contribution in [0.5, 0.6) is 0 Å². The number of hydrogen-bond acceptors (Lipinski definition) is 4. The Kier molecular flexibility index (Phi) is 10.7. The number of nitrogens with one attached hydrogen (secondary N) is 1. The summed E-state index contributed by atoms with van der Waals surface area (Å²) in [6.07, 6.45) is 5.23. The van der Waals surface area contributed by atoms with Gasteiger partial charge in [-0.15, -0.1) is 0 Å². The van der Waals surface area contributed by atoms with E-state index in [9.17, 15) is 18.0 Å². The minimum absolute atomic E-state index is 0.0964. The summed E-state index contributed by atoms with van der Waals surface area (Å²) < 4.78 is 44.0.